The van der Waals surface area contributed by atoms with Crippen molar-refractivity contribution in [2.75, 3.05) is 19.3 Å². The number of carbonyl (C=O) groups is 1. The Hall–Kier alpha value is -0.880. The number of nitrogens with zero attached hydrogens (tertiary/aromatic N) is 1. The molecule has 0 aromatic heterocycles. The van der Waals surface area contributed by atoms with Gasteiger partial charge in [0.25, 0.3) is 0 Å². The molecule has 0 aliphatic carbocycles. The zero-order valence-electron chi connectivity index (χ0n) is 11.1. The molecule has 1 aliphatic rings. The fraction of sp³-hybridized carbons (Fsp3) is 0.750. The fourth-order valence-electron chi connectivity index (χ4n) is 2.13. The summed E-state index contributed by atoms with van der Waals surface area (Å²) in [5.41, 5.74) is 0. The molecule has 0 spiro atoms. The van der Waals surface area contributed by atoms with Crippen molar-refractivity contribution in [1.82, 2.24) is 9.62 Å². The van der Waals surface area contributed by atoms with Crippen LogP contribution in [0.25, 0.3) is 0 Å². The van der Waals surface area contributed by atoms with Crippen molar-refractivity contribution in [3.05, 3.63) is 12.2 Å². The van der Waals surface area contributed by atoms with Crippen molar-refractivity contribution in [1.29, 1.82) is 0 Å². The summed E-state index contributed by atoms with van der Waals surface area (Å²) >= 11 is 0. The Morgan fingerprint density at radius 2 is 2.17 bits per heavy atom. The molecule has 18 heavy (non-hydrogen) atoms. The minimum atomic E-state index is -3.30. The van der Waals surface area contributed by atoms with E-state index in [0.717, 1.165) is 19.3 Å². The highest BCUT2D eigenvalue weighted by Gasteiger charge is 2.33. The van der Waals surface area contributed by atoms with E-state index < -0.39 is 16.1 Å². The van der Waals surface area contributed by atoms with Gasteiger partial charge >= 0.3 is 0 Å². The molecule has 0 saturated carbocycles. The lowest BCUT2D eigenvalue weighted by molar-refractivity contribution is -0.125. The molecule has 0 radical (unpaired) electrons. The zero-order chi connectivity index (χ0) is 13.6. The second-order valence-electron chi connectivity index (χ2n) is 4.53. The highest BCUT2D eigenvalue weighted by Crippen LogP contribution is 2.19. The van der Waals surface area contributed by atoms with Crippen LogP contribution in [0.15, 0.2) is 12.2 Å². The van der Waals surface area contributed by atoms with Gasteiger partial charge in [0, 0.05) is 13.1 Å². The van der Waals surface area contributed by atoms with Crippen LogP contribution in [0.5, 0.6) is 0 Å². The maximum atomic E-state index is 12.0. The minimum absolute atomic E-state index is 0.176. The van der Waals surface area contributed by atoms with E-state index in [9.17, 15) is 13.2 Å². The number of allylic oxidation sites excluding steroid dienone is 1. The van der Waals surface area contributed by atoms with E-state index in [1.54, 1.807) is 0 Å². The van der Waals surface area contributed by atoms with Gasteiger partial charge in [-0.1, -0.05) is 18.6 Å². The van der Waals surface area contributed by atoms with Crippen molar-refractivity contribution in [2.24, 2.45) is 0 Å². The number of sulfonamides is 1. The Bertz CT molecular complexity index is 404. The second-order valence-corrected chi connectivity index (χ2v) is 6.47. The maximum absolute atomic E-state index is 12.0. The Labute approximate surface area is 109 Å². The van der Waals surface area contributed by atoms with Crippen LogP contribution >= 0.6 is 0 Å². The molecule has 1 rings (SSSR count). The van der Waals surface area contributed by atoms with Crippen LogP contribution in [0.2, 0.25) is 0 Å². The van der Waals surface area contributed by atoms with Crippen LogP contribution in [0.3, 0.4) is 0 Å². The highest BCUT2D eigenvalue weighted by molar-refractivity contribution is 7.88. The SMILES string of the molecule is C/C=C/CCNC(=O)C1CCCCN1S(C)(=O)=O. The summed E-state index contributed by atoms with van der Waals surface area (Å²) in [7, 11) is -3.30. The smallest absolute Gasteiger partial charge is 0.238 e. The molecule has 1 fully saturated rings. The molecule has 1 saturated heterocycles. The minimum Gasteiger partial charge on any atom is -0.354 e. The van der Waals surface area contributed by atoms with Crippen molar-refractivity contribution in [3.8, 4) is 0 Å². The predicted molar refractivity (Wildman–Crippen MR) is 71.6 cm³/mol. The van der Waals surface area contributed by atoms with Gasteiger partial charge in [-0.2, -0.15) is 4.31 Å². The molecule has 1 heterocycles. The number of piperidine rings is 1. The Balaban J connectivity index is 2.58. The van der Waals surface area contributed by atoms with Gasteiger partial charge in [0.1, 0.15) is 6.04 Å². The fourth-order valence-corrected chi connectivity index (χ4v) is 3.25. The van der Waals surface area contributed by atoms with Gasteiger partial charge in [0.2, 0.25) is 15.9 Å². The lowest BCUT2D eigenvalue weighted by Gasteiger charge is -2.32. The molecule has 1 amide bonds. The number of hydrogen-bond donors (Lipinski definition) is 1. The van der Waals surface area contributed by atoms with E-state index in [0.29, 0.717) is 19.5 Å². The molecule has 0 aromatic rings. The third-order valence-electron chi connectivity index (χ3n) is 3.03. The topological polar surface area (TPSA) is 66.5 Å². The van der Waals surface area contributed by atoms with Gasteiger partial charge in [-0.25, -0.2) is 8.42 Å². The van der Waals surface area contributed by atoms with E-state index >= 15 is 0 Å². The third kappa shape index (κ3) is 4.42. The Morgan fingerprint density at radius 3 is 2.78 bits per heavy atom. The van der Waals surface area contributed by atoms with Crippen molar-refractivity contribution in [2.45, 2.75) is 38.6 Å². The van der Waals surface area contributed by atoms with E-state index in [-0.39, 0.29) is 5.91 Å². The molecule has 5 nitrogen and oxygen atoms in total. The summed E-state index contributed by atoms with van der Waals surface area (Å²) in [6.07, 6.45) is 8.17. The molecule has 0 aromatic carbocycles. The number of hydrogen-bond acceptors (Lipinski definition) is 3. The number of nitrogens with one attached hydrogen (secondary N) is 1. The summed E-state index contributed by atoms with van der Waals surface area (Å²) in [5, 5.41) is 2.79. The van der Waals surface area contributed by atoms with Gasteiger partial charge in [-0.05, 0) is 26.2 Å². The van der Waals surface area contributed by atoms with Gasteiger partial charge in [0.05, 0.1) is 6.26 Å². The molecular formula is C12H22N2O3S. The quantitative estimate of drug-likeness (QED) is 0.598. The van der Waals surface area contributed by atoms with Crippen LogP contribution in [0, 0.1) is 0 Å². The molecule has 6 heteroatoms. The first-order valence-electron chi connectivity index (χ1n) is 6.32. The summed E-state index contributed by atoms with van der Waals surface area (Å²) in [6, 6.07) is -0.528. The molecule has 1 atom stereocenters. The molecule has 0 bridgehead atoms. The average molecular weight is 274 g/mol. The number of amides is 1. The maximum Gasteiger partial charge on any atom is 0.238 e. The third-order valence-corrected chi connectivity index (χ3v) is 4.32. The Morgan fingerprint density at radius 1 is 1.44 bits per heavy atom. The second kappa shape index (κ2) is 6.89. The average Bonchev–Trinajstić information content (AvgIpc) is 2.33. The van der Waals surface area contributed by atoms with Gasteiger partial charge in [-0.3, -0.25) is 4.79 Å². The molecule has 1 N–H and O–H groups in total. The first kappa shape index (κ1) is 15.2. The van der Waals surface area contributed by atoms with Gasteiger partial charge in [-0.15, -0.1) is 0 Å². The molecule has 1 aliphatic heterocycles. The summed E-state index contributed by atoms with van der Waals surface area (Å²) in [6.45, 7) is 2.93. The van der Waals surface area contributed by atoms with E-state index in [1.165, 1.54) is 10.6 Å². The lowest BCUT2D eigenvalue weighted by Crippen LogP contribution is -2.51. The van der Waals surface area contributed by atoms with Crippen molar-refractivity contribution < 1.29 is 13.2 Å². The van der Waals surface area contributed by atoms with Crippen molar-refractivity contribution in [3.63, 3.8) is 0 Å². The zero-order valence-corrected chi connectivity index (χ0v) is 11.9. The number of rotatable bonds is 5. The first-order chi connectivity index (χ1) is 8.46. The Kier molecular flexibility index (Phi) is 5.81. The highest BCUT2D eigenvalue weighted by atomic mass is 32.2. The largest absolute Gasteiger partial charge is 0.354 e. The van der Waals surface area contributed by atoms with Crippen LogP contribution in [0.1, 0.15) is 32.6 Å². The van der Waals surface area contributed by atoms with E-state index in [1.807, 2.05) is 19.1 Å². The predicted octanol–water partition coefficient (Wildman–Crippen LogP) is 0.883. The molecular weight excluding hydrogens is 252 g/mol. The van der Waals surface area contributed by atoms with Crippen LogP contribution < -0.4 is 5.32 Å². The van der Waals surface area contributed by atoms with E-state index in [2.05, 4.69) is 5.32 Å². The normalized spacial score (nSPS) is 22.2. The van der Waals surface area contributed by atoms with Gasteiger partial charge < -0.3 is 5.32 Å². The standard InChI is InChI=1S/C12H22N2O3S/c1-3-4-6-9-13-12(15)11-8-5-7-10-14(11)18(2,16)17/h3-4,11H,5-10H2,1-2H3,(H,13,15)/b4-3+. The van der Waals surface area contributed by atoms with Crippen molar-refractivity contribution >= 4 is 15.9 Å². The van der Waals surface area contributed by atoms with Crippen LogP contribution in [-0.4, -0.2) is 44.0 Å². The summed E-state index contributed by atoms with van der Waals surface area (Å²) < 4.78 is 24.5. The summed E-state index contributed by atoms with van der Waals surface area (Å²) in [5.74, 6) is -0.176. The van der Waals surface area contributed by atoms with Crippen LogP contribution in [0.4, 0.5) is 0 Å². The lowest BCUT2D eigenvalue weighted by atomic mass is 10.0. The molecule has 104 valence electrons. The van der Waals surface area contributed by atoms with Gasteiger partial charge in [0.15, 0.2) is 0 Å². The van der Waals surface area contributed by atoms with Crippen LogP contribution in [-0.2, 0) is 14.8 Å². The van der Waals surface area contributed by atoms with E-state index in [4.69, 9.17) is 0 Å². The monoisotopic (exact) mass is 274 g/mol. The summed E-state index contributed by atoms with van der Waals surface area (Å²) in [4.78, 5) is 12.0. The first-order valence-corrected chi connectivity index (χ1v) is 8.17. The number of carbonyl (C=O) groups excluding carboxylic acids is 1. The molecule has 1 unspecified atom stereocenters.